The summed E-state index contributed by atoms with van der Waals surface area (Å²) in [6.45, 7) is 4.19. The van der Waals surface area contributed by atoms with Crippen molar-refractivity contribution < 1.29 is 9.53 Å². The average molecular weight is 431 g/mol. The Balaban J connectivity index is 1.82. The number of fused-ring (bicyclic) bond motifs is 2. The lowest BCUT2D eigenvalue weighted by Gasteiger charge is -2.34. The number of halogens is 1. The molecule has 1 atom stereocenters. The first kappa shape index (κ1) is 17.5. The number of hydrogen-bond donors (Lipinski definition) is 2. The lowest BCUT2D eigenvalue weighted by atomic mass is 10.1. The molecule has 9 heteroatoms. The first-order chi connectivity index (χ1) is 12.8. The number of aromatic nitrogens is 3. The number of nitrogens with zero attached hydrogens (tertiary/aromatic N) is 2. The van der Waals surface area contributed by atoms with Crippen LogP contribution in [0.25, 0.3) is 11.0 Å². The van der Waals surface area contributed by atoms with Crippen molar-refractivity contribution in [2.24, 2.45) is 0 Å². The highest BCUT2D eigenvalue weighted by molar-refractivity contribution is 9.10. The monoisotopic (exact) mass is 430 g/mol. The highest BCUT2D eigenvalue weighted by Crippen LogP contribution is 2.38. The number of aryl methyl sites for hydroxylation is 1. The molecule has 2 N–H and O–H groups in total. The zero-order chi connectivity index (χ0) is 19.3. The van der Waals surface area contributed by atoms with Crippen LogP contribution in [-0.4, -0.2) is 33.5 Å². The predicted octanol–water partition coefficient (Wildman–Crippen LogP) is 2.11. The van der Waals surface area contributed by atoms with Crippen molar-refractivity contribution in [1.82, 2.24) is 15.0 Å². The van der Waals surface area contributed by atoms with Crippen molar-refractivity contribution in [2.45, 2.75) is 20.0 Å². The molecule has 0 bridgehead atoms. The third-order valence-electron chi connectivity index (χ3n) is 4.38. The minimum absolute atomic E-state index is 0.134. The Morgan fingerprint density at radius 2 is 2.07 bits per heavy atom. The van der Waals surface area contributed by atoms with Crippen LogP contribution in [0, 0.1) is 6.92 Å². The van der Waals surface area contributed by atoms with E-state index in [1.165, 1.54) is 12.3 Å². The maximum Gasteiger partial charge on any atom is 0.327 e. The Bertz CT molecular complexity index is 1200. The van der Waals surface area contributed by atoms with E-state index < -0.39 is 11.2 Å². The lowest BCUT2D eigenvalue weighted by Crippen LogP contribution is -2.42. The number of benzene rings is 1. The highest BCUT2D eigenvalue weighted by atomic mass is 79.9. The molecule has 1 aliphatic heterocycles. The van der Waals surface area contributed by atoms with Crippen LogP contribution in [0.3, 0.4) is 0 Å². The third kappa shape index (κ3) is 3.03. The number of nitrogens with one attached hydrogen (secondary N) is 2. The number of rotatable bonds is 1. The third-order valence-corrected chi connectivity index (χ3v) is 5.24. The van der Waals surface area contributed by atoms with Crippen LogP contribution in [0.5, 0.6) is 5.75 Å². The second-order valence-electron chi connectivity index (χ2n) is 6.44. The van der Waals surface area contributed by atoms with Gasteiger partial charge in [0.05, 0.1) is 23.2 Å². The van der Waals surface area contributed by atoms with Crippen LogP contribution in [-0.2, 0) is 0 Å². The standard InChI is InChI=1S/C18H15BrN4O4/c1-8-3-14-13(5-12(8)19)23(7-9(2)27-14)17(25)10-4-11-15(20-6-10)21-18(26)22-16(11)24/h3-6,9H,7H2,1-2H3,(H2,20,21,22,24,26)/t9-/m0/s1. The molecule has 1 amide bonds. The molecule has 138 valence electrons. The van der Waals surface area contributed by atoms with Crippen molar-refractivity contribution in [2.75, 3.05) is 11.4 Å². The van der Waals surface area contributed by atoms with E-state index in [0.29, 0.717) is 18.0 Å². The molecule has 0 saturated carbocycles. The van der Waals surface area contributed by atoms with Gasteiger partial charge in [-0.2, -0.15) is 0 Å². The molecule has 0 aliphatic carbocycles. The van der Waals surface area contributed by atoms with E-state index in [1.54, 1.807) is 4.90 Å². The lowest BCUT2D eigenvalue weighted by molar-refractivity contribution is 0.0961. The fraction of sp³-hybridized carbons (Fsp3) is 0.222. The van der Waals surface area contributed by atoms with Gasteiger partial charge in [-0.25, -0.2) is 9.78 Å². The molecule has 0 unspecified atom stereocenters. The summed E-state index contributed by atoms with van der Waals surface area (Å²) >= 11 is 3.49. The van der Waals surface area contributed by atoms with Gasteiger partial charge in [0.15, 0.2) is 0 Å². The molecular formula is C18H15BrN4O4. The molecule has 8 nitrogen and oxygen atoms in total. The van der Waals surface area contributed by atoms with Crippen molar-refractivity contribution >= 4 is 38.6 Å². The van der Waals surface area contributed by atoms with Crippen LogP contribution in [0.15, 0.2) is 38.5 Å². The topological polar surface area (TPSA) is 108 Å². The molecule has 3 heterocycles. The SMILES string of the molecule is Cc1cc2c(cc1Br)N(C(=O)c1cnc3[nH]c(=O)[nH]c(=O)c3c1)C[C@H](C)O2. The molecule has 0 fully saturated rings. The largest absolute Gasteiger partial charge is 0.487 e. The normalized spacial score (nSPS) is 16.1. The van der Waals surface area contributed by atoms with Gasteiger partial charge in [-0.05, 0) is 37.6 Å². The number of ether oxygens (including phenoxy) is 1. The number of carbonyl (C=O) groups excluding carboxylic acids is 1. The number of carbonyl (C=O) groups is 1. The molecule has 0 radical (unpaired) electrons. The van der Waals surface area contributed by atoms with Gasteiger partial charge in [-0.15, -0.1) is 0 Å². The Hall–Kier alpha value is -2.94. The molecule has 27 heavy (non-hydrogen) atoms. The van der Waals surface area contributed by atoms with Crippen LogP contribution >= 0.6 is 15.9 Å². The first-order valence-electron chi connectivity index (χ1n) is 8.24. The molecule has 4 rings (SSSR count). The maximum atomic E-state index is 13.2. The zero-order valence-corrected chi connectivity index (χ0v) is 16.1. The number of pyridine rings is 1. The van der Waals surface area contributed by atoms with Crippen LogP contribution in [0.4, 0.5) is 5.69 Å². The molecule has 2 aromatic heterocycles. The number of amides is 1. The van der Waals surface area contributed by atoms with Crippen molar-refractivity contribution in [3.05, 3.63) is 60.8 Å². The highest BCUT2D eigenvalue weighted by Gasteiger charge is 2.29. The summed E-state index contributed by atoms with van der Waals surface area (Å²) in [4.78, 5) is 46.8. The average Bonchev–Trinajstić information content (AvgIpc) is 2.61. The minimum atomic E-state index is -0.643. The fourth-order valence-corrected chi connectivity index (χ4v) is 3.40. The van der Waals surface area contributed by atoms with E-state index in [-0.39, 0.29) is 28.6 Å². The second-order valence-corrected chi connectivity index (χ2v) is 7.30. The summed E-state index contributed by atoms with van der Waals surface area (Å²) in [6.07, 6.45) is 1.17. The van der Waals surface area contributed by atoms with E-state index in [2.05, 4.69) is 30.9 Å². The molecule has 3 aromatic rings. The molecule has 0 spiro atoms. The summed E-state index contributed by atoms with van der Waals surface area (Å²) in [7, 11) is 0. The van der Waals surface area contributed by atoms with E-state index in [4.69, 9.17) is 4.74 Å². The van der Waals surface area contributed by atoms with Crippen LogP contribution in [0.1, 0.15) is 22.8 Å². The molecule has 1 aromatic carbocycles. The zero-order valence-electron chi connectivity index (χ0n) is 14.5. The summed E-state index contributed by atoms with van der Waals surface area (Å²) in [5.74, 6) is 0.320. The molecule has 0 saturated heterocycles. The number of hydrogen-bond acceptors (Lipinski definition) is 5. The van der Waals surface area contributed by atoms with E-state index >= 15 is 0 Å². The van der Waals surface area contributed by atoms with Crippen molar-refractivity contribution in [1.29, 1.82) is 0 Å². The quantitative estimate of drug-likeness (QED) is 0.614. The van der Waals surface area contributed by atoms with Gasteiger partial charge in [-0.3, -0.25) is 19.6 Å². The second kappa shape index (κ2) is 6.34. The van der Waals surface area contributed by atoms with Gasteiger partial charge in [0.25, 0.3) is 11.5 Å². The Labute approximate surface area is 161 Å². The Morgan fingerprint density at radius 3 is 2.85 bits per heavy atom. The van der Waals surface area contributed by atoms with E-state index in [1.807, 2.05) is 26.0 Å². The summed E-state index contributed by atoms with van der Waals surface area (Å²) in [5, 5.41) is 0.145. The Morgan fingerprint density at radius 1 is 1.30 bits per heavy atom. The maximum absolute atomic E-state index is 13.2. The Kier molecular flexibility index (Phi) is 4.11. The van der Waals surface area contributed by atoms with E-state index in [0.717, 1.165) is 10.0 Å². The predicted molar refractivity (Wildman–Crippen MR) is 104 cm³/mol. The fourth-order valence-electron chi connectivity index (χ4n) is 3.07. The van der Waals surface area contributed by atoms with Gasteiger partial charge in [0.1, 0.15) is 17.5 Å². The minimum Gasteiger partial charge on any atom is -0.487 e. The van der Waals surface area contributed by atoms with Crippen LogP contribution in [0.2, 0.25) is 0 Å². The number of anilines is 1. The first-order valence-corrected chi connectivity index (χ1v) is 9.04. The summed E-state index contributed by atoms with van der Waals surface area (Å²) < 4.78 is 6.73. The summed E-state index contributed by atoms with van der Waals surface area (Å²) in [5.41, 5.74) is 0.788. The van der Waals surface area contributed by atoms with Gasteiger partial charge in [-0.1, -0.05) is 15.9 Å². The molecule has 1 aliphatic rings. The number of aromatic amines is 2. The van der Waals surface area contributed by atoms with Crippen LogP contribution < -0.4 is 20.9 Å². The van der Waals surface area contributed by atoms with Crippen molar-refractivity contribution in [3.63, 3.8) is 0 Å². The molecular weight excluding hydrogens is 416 g/mol. The van der Waals surface area contributed by atoms with Gasteiger partial charge >= 0.3 is 5.69 Å². The van der Waals surface area contributed by atoms with Gasteiger partial charge < -0.3 is 9.64 Å². The van der Waals surface area contributed by atoms with Gasteiger partial charge in [0.2, 0.25) is 0 Å². The van der Waals surface area contributed by atoms with Gasteiger partial charge in [0, 0.05) is 10.7 Å². The smallest absolute Gasteiger partial charge is 0.327 e. The van der Waals surface area contributed by atoms with Crippen molar-refractivity contribution in [3.8, 4) is 5.75 Å². The van der Waals surface area contributed by atoms with E-state index in [9.17, 15) is 14.4 Å². The summed E-state index contributed by atoms with van der Waals surface area (Å²) in [6, 6.07) is 5.15. The number of H-pyrrole nitrogens is 2.